The molecule has 102 valence electrons. The zero-order chi connectivity index (χ0) is 13.7. The highest BCUT2D eigenvalue weighted by Crippen LogP contribution is 2.10. The lowest BCUT2D eigenvalue weighted by molar-refractivity contribution is -0.143. The van der Waals surface area contributed by atoms with Gasteiger partial charge in [-0.2, -0.15) is 0 Å². The van der Waals surface area contributed by atoms with Crippen LogP contribution < -0.4 is 5.32 Å². The normalized spacial score (nSPS) is 18.6. The Morgan fingerprint density at radius 2 is 2.17 bits per heavy atom. The molecule has 2 amide bonds. The Bertz CT molecular complexity index is 343. The number of likely N-dealkylation sites (tertiary alicyclic amines) is 1. The fraction of sp³-hybridized carbons (Fsp3) is 0.750. The van der Waals surface area contributed by atoms with Gasteiger partial charge in [0.05, 0.1) is 6.54 Å². The Hall–Kier alpha value is -1.59. The second-order valence-electron chi connectivity index (χ2n) is 4.69. The van der Waals surface area contributed by atoms with E-state index >= 15 is 0 Å². The molecule has 1 aliphatic rings. The number of amides is 2. The molecule has 6 nitrogen and oxygen atoms in total. The molecule has 0 spiro atoms. The lowest BCUT2D eigenvalue weighted by Crippen LogP contribution is -2.48. The van der Waals surface area contributed by atoms with Gasteiger partial charge in [0, 0.05) is 13.0 Å². The van der Waals surface area contributed by atoms with E-state index in [1.54, 1.807) is 6.92 Å². The molecule has 2 atom stereocenters. The van der Waals surface area contributed by atoms with E-state index < -0.39 is 17.9 Å². The number of aliphatic carboxylic acids is 1. The SMILES string of the molecule is CCC(C)[C@H](NC(=O)CN1CCCC1=O)C(=O)O. The maximum absolute atomic E-state index is 11.7. The van der Waals surface area contributed by atoms with Gasteiger partial charge in [0.1, 0.15) is 6.04 Å². The fourth-order valence-corrected chi connectivity index (χ4v) is 1.95. The molecule has 1 fully saturated rings. The molecule has 2 N–H and O–H groups in total. The monoisotopic (exact) mass is 256 g/mol. The number of nitrogens with one attached hydrogen (secondary N) is 1. The molecule has 0 aromatic heterocycles. The van der Waals surface area contributed by atoms with Crippen molar-refractivity contribution >= 4 is 17.8 Å². The standard InChI is InChI=1S/C12H20N2O4/c1-3-8(2)11(12(17)18)13-9(15)7-14-6-4-5-10(14)16/h8,11H,3-7H2,1-2H3,(H,13,15)(H,17,18)/t8?,11-/m0/s1. The van der Waals surface area contributed by atoms with Crippen LogP contribution in [0.5, 0.6) is 0 Å². The summed E-state index contributed by atoms with van der Waals surface area (Å²) in [6, 6.07) is -0.889. The highest BCUT2D eigenvalue weighted by Gasteiger charge is 2.28. The summed E-state index contributed by atoms with van der Waals surface area (Å²) >= 11 is 0. The van der Waals surface area contributed by atoms with Crippen LogP contribution in [0.3, 0.4) is 0 Å². The van der Waals surface area contributed by atoms with E-state index in [9.17, 15) is 14.4 Å². The van der Waals surface area contributed by atoms with Crippen LogP contribution in [0.1, 0.15) is 33.1 Å². The van der Waals surface area contributed by atoms with Crippen molar-refractivity contribution in [3.8, 4) is 0 Å². The number of nitrogens with zero attached hydrogens (tertiary/aromatic N) is 1. The summed E-state index contributed by atoms with van der Waals surface area (Å²) in [7, 11) is 0. The summed E-state index contributed by atoms with van der Waals surface area (Å²) in [6.45, 7) is 4.18. The molecule has 1 unspecified atom stereocenters. The number of rotatable bonds is 6. The van der Waals surface area contributed by atoms with E-state index in [2.05, 4.69) is 5.32 Å². The minimum Gasteiger partial charge on any atom is -0.480 e. The smallest absolute Gasteiger partial charge is 0.326 e. The van der Waals surface area contributed by atoms with Crippen LogP contribution in [0.25, 0.3) is 0 Å². The average Bonchev–Trinajstić information content (AvgIpc) is 2.70. The molecule has 0 radical (unpaired) electrons. The molecule has 0 bridgehead atoms. The van der Waals surface area contributed by atoms with Gasteiger partial charge in [0.2, 0.25) is 11.8 Å². The molecule has 1 rings (SSSR count). The topological polar surface area (TPSA) is 86.7 Å². The Labute approximate surface area is 106 Å². The quantitative estimate of drug-likeness (QED) is 0.712. The predicted molar refractivity (Wildman–Crippen MR) is 64.8 cm³/mol. The second kappa shape index (κ2) is 6.37. The Balaban J connectivity index is 2.51. The van der Waals surface area contributed by atoms with Gasteiger partial charge < -0.3 is 15.3 Å². The first kappa shape index (κ1) is 14.5. The summed E-state index contributed by atoms with van der Waals surface area (Å²) in [6.07, 6.45) is 1.90. The third kappa shape index (κ3) is 3.72. The van der Waals surface area contributed by atoms with Crippen molar-refractivity contribution < 1.29 is 19.5 Å². The zero-order valence-electron chi connectivity index (χ0n) is 10.8. The number of hydrogen-bond acceptors (Lipinski definition) is 3. The van der Waals surface area contributed by atoms with E-state index in [-0.39, 0.29) is 18.4 Å². The van der Waals surface area contributed by atoms with Gasteiger partial charge in [-0.3, -0.25) is 9.59 Å². The van der Waals surface area contributed by atoms with Crippen LogP contribution in [0.2, 0.25) is 0 Å². The van der Waals surface area contributed by atoms with Gasteiger partial charge in [0.15, 0.2) is 0 Å². The van der Waals surface area contributed by atoms with Gasteiger partial charge in [-0.1, -0.05) is 20.3 Å². The molecule has 0 aromatic rings. The van der Waals surface area contributed by atoms with Gasteiger partial charge in [-0.25, -0.2) is 4.79 Å². The van der Waals surface area contributed by atoms with Crippen molar-refractivity contribution in [1.29, 1.82) is 0 Å². The molecule has 1 saturated heterocycles. The third-order valence-corrected chi connectivity index (χ3v) is 3.30. The van der Waals surface area contributed by atoms with Crippen LogP contribution in [0.4, 0.5) is 0 Å². The second-order valence-corrected chi connectivity index (χ2v) is 4.69. The van der Waals surface area contributed by atoms with Gasteiger partial charge in [-0.05, 0) is 12.3 Å². The summed E-state index contributed by atoms with van der Waals surface area (Å²) in [5, 5.41) is 11.5. The highest BCUT2D eigenvalue weighted by molar-refractivity contribution is 5.88. The van der Waals surface area contributed by atoms with Gasteiger partial charge >= 0.3 is 5.97 Å². The molecular weight excluding hydrogens is 236 g/mol. The molecule has 0 aliphatic carbocycles. The highest BCUT2D eigenvalue weighted by atomic mass is 16.4. The minimum atomic E-state index is -1.04. The van der Waals surface area contributed by atoms with E-state index in [0.717, 1.165) is 6.42 Å². The van der Waals surface area contributed by atoms with Crippen molar-refractivity contribution in [3.63, 3.8) is 0 Å². The van der Waals surface area contributed by atoms with Gasteiger partial charge in [0.25, 0.3) is 0 Å². The largest absolute Gasteiger partial charge is 0.480 e. The third-order valence-electron chi connectivity index (χ3n) is 3.30. The van der Waals surface area contributed by atoms with Crippen LogP contribution in [0, 0.1) is 5.92 Å². The Kier molecular flexibility index (Phi) is 5.12. The number of carboxylic acids is 1. The predicted octanol–water partition coefficient (Wildman–Crippen LogP) is 0.224. The van der Waals surface area contributed by atoms with Crippen LogP contribution in [-0.4, -0.2) is 46.9 Å². The lowest BCUT2D eigenvalue weighted by Gasteiger charge is -2.22. The molecular formula is C12H20N2O4. The molecule has 6 heteroatoms. The summed E-state index contributed by atoms with van der Waals surface area (Å²) in [5.74, 6) is -1.62. The molecule has 1 heterocycles. The number of carbonyl (C=O) groups excluding carboxylic acids is 2. The van der Waals surface area contributed by atoms with Crippen molar-refractivity contribution in [1.82, 2.24) is 10.2 Å². The summed E-state index contributed by atoms with van der Waals surface area (Å²) in [4.78, 5) is 35.6. The Morgan fingerprint density at radius 3 is 2.61 bits per heavy atom. The Morgan fingerprint density at radius 1 is 1.50 bits per heavy atom. The first-order valence-corrected chi connectivity index (χ1v) is 6.25. The van der Waals surface area contributed by atoms with E-state index in [1.165, 1.54) is 4.90 Å². The molecule has 1 aliphatic heterocycles. The molecule has 0 saturated carbocycles. The maximum Gasteiger partial charge on any atom is 0.326 e. The fourth-order valence-electron chi connectivity index (χ4n) is 1.95. The first-order valence-electron chi connectivity index (χ1n) is 6.25. The number of carboxylic acid groups (broad SMARTS) is 1. The van der Waals surface area contributed by atoms with Crippen LogP contribution in [0.15, 0.2) is 0 Å². The molecule has 0 aromatic carbocycles. The van der Waals surface area contributed by atoms with Crippen molar-refractivity contribution in [2.45, 2.75) is 39.2 Å². The van der Waals surface area contributed by atoms with Crippen LogP contribution in [-0.2, 0) is 14.4 Å². The average molecular weight is 256 g/mol. The van der Waals surface area contributed by atoms with Crippen LogP contribution >= 0.6 is 0 Å². The van der Waals surface area contributed by atoms with Crippen molar-refractivity contribution in [3.05, 3.63) is 0 Å². The summed E-state index contributed by atoms with van der Waals surface area (Å²) in [5.41, 5.74) is 0. The van der Waals surface area contributed by atoms with Crippen molar-refractivity contribution in [2.75, 3.05) is 13.1 Å². The first-order chi connectivity index (χ1) is 8.45. The minimum absolute atomic E-state index is 0.0411. The maximum atomic E-state index is 11.7. The zero-order valence-corrected chi connectivity index (χ0v) is 10.8. The number of carbonyl (C=O) groups is 3. The van der Waals surface area contributed by atoms with E-state index in [0.29, 0.717) is 19.4 Å². The lowest BCUT2D eigenvalue weighted by atomic mass is 9.99. The van der Waals surface area contributed by atoms with E-state index in [4.69, 9.17) is 5.11 Å². The van der Waals surface area contributed by atoms with Crippen molar-refractivity contribution in [2.24, 2.45) is 5.92 Å². The number of hydrogen-bond donors (Lipinski definition) is 2. The summed E-state index contributed by atoms with van der Waals surface area (Å²) < 4.78 is 0. The molecule has 18 heavy (non-hydrogen) atoms. The van der Waals surface area contributed by atoms with E-state index in [1.807, 2.05) is 6.92 Å². The van der Waals surface area contributed by atoms with Gasteiger partial charge in [-0.15, -0.1) is 0 Å².